The van der Waals surface area contributed by atoms with Crippen molar-refractivity contribution in [3.8, 4) is 11.5 Å². The molecule has 31 heavy (non-hydrogen) atoms. The van der Waals surface area contributed by atoms with E-state index in [-0.39, 0.29) is 10.8 Å². The molecule has 2 rings (SSSR count). The van der Waals surface area contributed by atoms with Crippen molar-refractivity contribution >= 4 is 27.7 Å². The van der Waals surface area contributed by atoms with E-state index >= 15 is 0 Å². The van der Waals surface area contributed by atoms with Gasteiger partial charge < -0.3 is 14.8 Å². The van der Waals surface area contributed by atoms with Crippen molar-refractivity contribution in [3.63, 3.8) is 0 Å². The first-order valence-electron chi connectivity index (χ1n) is 10.1. The molecule has 2 N–H and O–H groups in total. The maximum atomic E-state index is 12.5. The molecule has 8 heteroatoms. The van der Waals surface area contributed by atoms with Crippen LogP contribution in [0.25, 0.3) is 6.08 Å². The number of benzene rings is 2. The van der Waals surface area contributed by atoms with E-state index in [2.05, 4.69) is 10.0 Å². The van der Waals surface area contributed by atoms with Gasteiger partial charge in [-0.3, -0.25) is 4.79 Å². The van der Waals surface area contributed by atoms with Crippen LogP contribution in [0.2, 0.25) is 0 Å². The quantitative estimate of drug-likeness (QED) is 0.563. The lowest BCUT2D eigenvalue weighted by Gasteiger charge is -2.20. The molecule has 2 aromatic carbocycles. The number of anilines is 1. The number of hydrogen-bond acceptors (Lipinski definition) is 5. The number of nitrogens with one attached hydrogen (secondary N) is 2. The molecule has 0 aliphatic heterocycles. The molecule has 1 amide bonds. The highest BCUT2D eigenvalue weighted by Gasteiger charge is 2.22. The Morgan fingerprint density at radius 3 is 2.32 bits per heavy atom. The highest BCUT2D eigenvalue weighted by Crippen LogP contribution is 2.29. The van der Waals surface area contributed by atoms with Gasteiger partial charge in [-0.15, -0.1) is 0 Å². The van der Waals surface area contributed by atoms with Crippen molar-refractivity contribution in [1.82, 2.24) is 4.72 Å². The van der Waals surface area contributed by atoms with Gasteiger partial charge in [0.05, 0.1) is 18.1 Å². The van der Waals surface area contributed by atoms with E-state index in [0.29, 0.717) is 30.4 Å². The highest BCUT2D eigenvalue weighted by molar-refractivity contribution is 7.89. The van der Waals surface area contributed by atoms with Crippen molar-refractivity contribution < 1.29 is 22.7 Å². The van der Waals surface area contributed by atoms with Crippen LogP contribution in [0.3, 0.4) is 0 Å². The topological polar surface area (TPSA) is 93.7 Å². The molecule has 0 saturated heterocycles. The zero-order valence-corrected chi connectivity index (χ0v) is 19.4. The predicted molar refractivity (Wildman–Crippen MR) is 123 cm³/mol. The average molecular weight is 447 g/mol. The minimum absolute atomic E-state index is 0.0806. The molecule has 0 fully saturated rings. The van der Waals surface area contributed by atoms with Crippen LogP contribution in [0.5, 0.6) is 11.5 Å². The lowest BCUT2D eigenvalue weighted by molar-refractivity contribution is -0.111. The Morgan fingerprint density at radius 1 is 1.00 bits per heavy atom. The number of amides is 1. The molecule has 0 aliphatic rings. The SMILES string of the molecule is CCOc1ccc(/C=C/C(=O)Nc2cccc(S(=O)(=O)NC(C)(C)C)c2)cc1OCC. The largest absolute Gasteiger partial charge is 0.490 e. The molecule has 0 spiro atoms. The van der Waals surface area contributed by atoms with Crippen LogP contribution in [0.1, 0.15) is 40.2 Å². The second-order valence-corrected chi connectivity index (χ2v) is 9.46. The summed E-state index contributed by atoms with van der Waals surface area (Å²) in [5, 5.41) is 2.69. The molecule has 0 aromatic heterocycles. The Balaban J connectivity index is 2.13. The van der Waals surface area contributed by atoms with Crippen LogP contribution >= 0.6 is 0 Å². The number of sulfonamides is 1. The van der Waals surface area contributed by atoms with Gasteiger partial charge in [0.1, 0.15) is 0 Å². The first-order chi connectivity index (χ1) is 14.5. The molecule has 0 saturated carbocycles. The first kappa shape index (κ1) is 24.4. The Morgan fingerprint density at radius 2 is 1.68 bits per heavy atom. The predicted octanol–water partition coefficient (Wildman–Crippen LogP) is 4.21. The lowest BCUT2D eigenvalue weighted by Crippen LogP contribution is -2.40. The highest BCUT2D eigenvalue weighted by atomic mass is 32.2. The molecule has 7 nitrogen and oxygen atoms in total. The average Bonchev–Trinajstić information content (AvgIpc) is 2.67. The fourth-order valence-corrected chi connectivity index (χ4v) is 4.19. The van der Waals surface area contributed by atoms with E-state index in [1.807, 2.05) is 19.9 Å². The summed E-state index contributed by atoms with van der Waals surface area (Å²) in [5.41, 5.74) is 0.541. The van der Waals surface area contributed by atoms with Crippen molar-refractivity contribution in [2.24, 2.45) is 0 Å². The minimum Gasteiger partial charge on any atom is -0.490 e. The zero-order chi connectivity index (χ0) is 23.1. The standard InChI is InChI=1S/C23H30N2O5S/c1-6-29-20-13-11-17(15-21(20)30-7-2)12-14-22(26)24-18-9-8-10-19(16-18)31(27,28)25-23(3,4)5/h8-16,25H,6-7H2,1-5H3,(H,24,26)/b14-12+. The van der Waals surface area contributed by atoms with E-state index in [0.717, 1.165) is 5.56 Å². The van der Waals surface area contributed by atoms with E-state index in [4.69, 9.17) is 9.47 Å². The molecule has 0 aliphatic carbocycles. The van der Waals surface area contributed by atoms with Gasteiger partial charge in [-0.1, -0.05) is 12.1 Å². The van der Waals surface area contributed by atoms with Crippen LogP contribution in [0, 0.1) is 0 Å². The third-order valence-corrected chi connectivity index (χ3v) is 5.60. The van der Waals surface area contributed by atoms with Crippen molar-refractivity contribution in [1.29, 1.82) is 0 Å². The van der Waals surface area contributed by atoms with E-state index < -0.39 is 15.6 Å². The molecule has 0 heterocycles. The normalized spacial score (nSPS) is 12.0. The molecule has 2 aromatic rings. The van der Waals surface area contributed by atoms with Gasteiger partial charge in [0, 0.05) is 17.3 Å². The maximum Gasteiger partial charge on any atom is 0.248 e. The number of hydrogen-bond donors (Lipinski definition) is 2. The maximum absolute atomic E-state index is 12.5. The second-order valence-electron chi connectivity index (χ2n) is 7.78. The molecule has 0 bridgehead atoms. The van der Waals surface area contributed by atoms with Crippen LogP contribution in [-0.2, 0) is 14.8 Å². The Hall–Kier alpha value is -2.84. The summed E-state index contributed by atoms with van der Waals surface area (Å²) >= 11 is 0. The summed E-state index contributed by atoms with van der Waals surface area (Å²) in [6.45, 7) is 10.1. The monoisotopic (exact) mass is 446 g/mol. The Kier molecular flexibility index (Phi) is 8.24. The minimum atomic E-state index is -3.70. The third-order valence-electron chi connectivity index (χ3n) is 3.85. The van der Waals surface area contributed by atoms with Gasteiger partial charge in [-0.2, -0.15) is 0 Å². The number of rotatable bonds is 9. The van der Waals surface area contributed by atoms with Gasteiger partial charge in [0.15, 0.2) is 11.5 Å². The van der Waals surface area contributed by atoms with Gasteiger partial charge in [-0.25, -0.2) is 13.1 Å². The number of carbonyl (C=O) groups excluding carboxylic acids is 1. The smallest absolute Gasteiger partial charge is 0.248 e. The summed E-state index contributed by atoms with van der Waals surface area (Å²) in [7, 11) is -3.70. The molecule has 0 radical (unpaired) electrons. The number of ether oxygens (including phenoxy) is 2. The first-order valence-corrected chi connectivity index (χ1v) is 11.5. The van der Waals surface area contributed by atoms with E-state index in [1.165, 1.54) is 18.2 Å². The molecular formula is C23H30N2O5S. The van der Waals surface area contributed by atoms with Gasteiger partial charge >= 0.3 is 0 Å². The van der Waals surface area contributed by atoms with E-state index in [1.54, 1.807) is 51.1 Å². The number of carbonyl (C=O) groups is 1. The lowest BCUT2D eigenvalue weighted by atomic mass is 10.1. The third kappa shape index (κ3) is 7.73. The molecule has 0 unspecified atom stereocenters. The van der Waals surface area contributed by atoms with Crippen LogP contribution in [0.4, 0.5) is 5.69 Å². The van der Waals surface area contributed by atoms with Crippen LogP contribution in [0.15, 0.2) is 53.4 Å². The summed E-state index contributed by atoms with van der Waals surface area (Å²) in [5.74, 6) is 0.870. The van der Waals surface area contributed by atoms with Gasteiger partial charge in [0.25, 0.3) is 0 Å². The zero-order valence-electron chi connectivity index (χ0n) is 18.6. The summed E-state index contributed by atoms with van der Waals surface area (Å²) in [4.78, 5) is 12.4. The van der Waals surface area contributed by atoms with Crippen molar-refractivity contribution in [2.45, 2.75) is 45.1 Å². The van der Waals surface area contributed by atoms with Crippen molar-refractivity contribution in [2.75, 3.05) is 18.5 Å². The Labute approximate surface area is 184 Å². The molecule has 168 valence electrons. The molecular weight excluding hydrogens is 416 g/mol. The van der Waals surface area contributed by atoms with Crippen LogP contribution < -0.4 is 19.5 Å². The fourth-order valence-electron chi connectivity index (χ4n) is 2.73. The van der Waals surface area contributed by atoms with Gasteiger partial charge in [0.2, 0.25) is 15.9 Å². The van der Waals surface area contributed by atoms with Gasteiger partial charge in [-0.05, 0) is 76.6 Å². The second kappa shape index (κ2) is 10.5. The Bertz CT molecular complexity index is 1040. The summed E-state index contributed by atoms with van der Waals surface area (Å²) in [6.07, 6.45) is 3.02. The van der Waals surface area contributed by atoms with Crippen LogP contribution in [-0.4, -0.2) is 33.1 Å². The summed E-state index contributed by atoms with van der Waals surface area (Å²) in [6, 6.07) is 11.5. The molecule has 0 atom stereocenters. The fraction of sp³-hybridized carbons (Fsp3) is 0.348. The van der Waals surface area contributed by atoms with Crippen molar-refractivity contribution in [3.05, 3.63) is 54.1 Å². The van der Waals surface area contributed by atoms with E-state index in [9.17, 15) is 13.2 Å². The summed E-state index contributed by atoms with van der Waals surface area (Å²) < 4.78 is 38.7.